The number of aromatic hydroxyl groups is 1. The highest BCUT2D eigenvalue weighted by atomic mass is 16.5. The van der Waals surface area contributed by atoms with Crippen LogP contribution in [-0.2, 0) is 6.54 Å². The molecule has 124 valence electrons. The predicted molar refractivity (Wildman–Crippen MR) is 91.4 cm³/mol. The molecular formula is C19H26N2O2. The van der Waals surface area contributed by atoms with Crippen LogP contribution in [0.5, 0.6) is 5.75 Å². The lowest BCUT2D eigenvalue weighted by atomic mass is 9.94. The number of aromatic nitrogens is 1. The highest BCUT2D eigenvalue weighted by molar-refractivity contribution is 5.69. The minimum absolute atomic E-state index is 0.306. The number of nitrogens with zero attached hydrogens (tertiary/aromatic N) is 2. The van der Waals surface area contributed by atoms with E-state index in [9.17, 15) is 5.11 Å². The van der Waals surface area contributed by atoms with Crippen LogP contribution < -0.4 is 0 Å². The zero-order valence-electron chi connectivity index (χ0n) is 14.3. The zero-order valence-corrected chi connectivity index (χ0v) is 14.3. The van der Waals surface area contributed by atoms with Crippen LogP contribution in [0.4, 0.5) is 0 Å². The molecule has 1 aromatic carbocycles. The molecule has 2 aromatic rings. The fourth-order valence-corrected chi connectivity index (χ4v) is 3.62. The summed E-state index contributed by atoms with van der Waals surface area (Å²) in [6.45, 7) is 9.32. The van der Waals surface area contributed by atoms with E-state index in [1.54, 1.807) is 6.07 Å². The Balaban J connectivity index is 1.79. The summed E-state index contributed by atoms with van der Waals surface area (Å²) in [5, 5.41) is 14.1. The average Bonchev–Trinajstić information content (AvgIpc) is 2.86. The van der Waals surface area contributed by atoms with Crippen molar-refractivity contribution in [3.8, 4) is 16.9 Å². The molecule has 3 rings (SSSR count). The van der Waals surface area contributed by atoms with Crippen molar-refractivity contribution in [2.45, 2.75) is 46.6 Å². The first kappa shape index (κ1) is 16.1. The summed E-state index contributed by atoms with van der Waals surface area (Å²) in [7, 11) is 0. The molecule has 4 heteroatoms. The largest absolute Gasteiger partial charge is 0.508 e. The molecule has 0 unspecified atom stereocenters. The third kappa shape index (κ3) is 3.58. The van der Waals surface area contributed by atoms with Gasteiger partial charge in [-0.05, 0) is 75.0 Å². The number of piperidine rings is 1. The molecule has 0 spiro atoms. The van der Waals surface area contributed by atoms with Crippen molar-refractivity contribution in [1.29, 1.82) is 0 Å². The van der Waals surface area contributed by atoms with Gasteiger partial charge in [-0.15, -0.1) is 0 Å². The number of hydrogen-bond donors (Lipinski definition) is 1. The van der Waals surface area contributed by atoms with Gasteiger partial charge in [-0.25, -0.2) is 0 Å². The number of rotatable bonds is 4. The van der Waals surface area contributed by atoms with Gasteiger partial charge < -0.3 is 9.63 Å². The second-order valence-corrected chi connectivity index (χ2v) is 6.72. The Morgan fingerprint density at radius 3 is 2.57 bits per heavy atom. The molecule has 1 aliphatic rings. The summed E-state index contributed by atoms with van der Waals surface area (Å²) in [4.78, 5) is 2.48. The van der Waals surface area contributed by atoms with Crippen LogP contribution in [0.2, 0.25) is 0 Å². The van der Waals surface area contributed by atoms with Crippen LogP contribution in [0.1, 0.15) is 43.2 Å². The molecule has 1 aromatic heterocycles. The minimum atomic E-state index is 0.306. The fraction of sp³-hybridized carbons (Fsp3) is 0.526. The number of hydrogen-bond acceptors (Lipinski definition) is 4. The maximum atomic E-state index is 10.1. The van der Waals surface area contributed by atoms with Gasteiger partial charge in [-0.2, -0.15) is 0 Å². The quantitative estimate of drug-likeness (QED) is 0.915. The minimum Gasteiger partial charge on any atom is -0.508 e. The molecule has 2 heterocycles. The third-order valence-corrected chi connectivity index (χ3v) is 4.99. The van der Waals surface area contributed by atoms with E-state index < -0.39 is 0 Å². The fourth-order valence-electron chi connectivity index (χ4n) is 3.62. The molecule has 0 atom stereocenters. The normalized spacial score (nSPS) is 16.8. The van der Waals surface area contributed by atoms with Gasteiger partial charge in [0.05, 0.1) is 5.69 Å². The van der Waals surface area contributed by atoms with Crippen molar-refractivity contribution < 1.29 is 9.63 Å². The summed E-state index contributed by atoms with van der Waals surface area (Å²) >= 11 is 0. The molecule has 1 fully saturated rings. The molecule has 1 N–H and O–H groups in total. The first-order valence-electron chi connectivity index (χ1n) is 8.55. The molecule has 0 amide bonds. The van der Waals surface area contributed by atoms with Gasteiger partial charge in [0.2, 0.25) is 0 Å². The average molecular weight is 314 g/mol. The van der Waals surface area contributed by atoms with Crippen molar-refractivity contribution >= 4 is 0 Å². The zero-order chi connectivity index (χ0) is 16.4. The molecule has 1 saturated heterocycles. The van der Waals surface area contributed by atoms with Gasteiger partial charge in [-0.1, -0.05) is 18.5 Å². The summed E-state index contributed by atoms with van der Waals surface area (Å²) in [5.41, 5.74) is 3.99. The Kier molecular flexibility index (Phi) is 4.71. The van der Waals surface area contributed by atoms with Crippen LogP contribution in [0.25, 0.3) is 11.1 Å². The number of likely N-dealkylation sites (tertiary alicyclic amines) is 1. The maximum absolute atomic E-state index is 10.1. The second kappa shape index (κ2) is 6.75. The molecule has 4 nitrogen and oxygen atoms in total. The van der Waals surface area contributed by atoms with Crippen molar-refractivity contribution in [3.05, 3.63) is 35.2 Å². The standard InChI is InChI=1S/C19H26N2O2/c1-4-15-5-7-21(8-6-15)12-16-9-17(11-18(22)10-16)19-13(2)20-23-14(19)3/h9-11,15,22H,4-8,12H2,1-3H3. The molecule has 0 radical (unpaired) electrons. The summed E-state index contributed by atoms with van der Waals surface area (Å²) < 4.78 is 5.26. The van der Waals surface area contributed by atoms with E-state index in [4.69, 9.17) is 4.52 Å². The number of aryl methyl sites for hydroxylation is 2. The van der Waals surface area contributed by atoms with E-state index in [1.165, 1.54) is 19.3 Å². The van der Waals surface area contributed by atoms with Crippen molar-refractivity contribution in [2.75, 3.05) is 13.1 Å². The van der Waals surface area contributed by atoms with Crippen molar-refractivity contribution in [3.63, 3.8) is 0 Å². The van der Waals surface area contributed by atoms with Crippen LogP contribution in [0.3, 0.4) is 0 Å². The molecule has 0 saturated carbocycles. The maximum Gasteiger partial charge on any atom is 0.141 e. The molecule has 0 aliphatic carbocycles. The number of phenols is 1. The smallest absolute Gasteiger partial charge is 0.141 e. The predicted octanol–water partition coefficient (Wildman–Crippen LogP) is 4.29. The van der Waals surface area contributed by atoms with Crippen LogP contribution in [0, 0.1) is 19.8 Å². The summed E-state index contributed by atoms with van der Waals surface area (Å²) in [5.74, 6) is 1.98. The second-order valence-electron chi connectivity index (χ2n) is 6.72. The van der Waals surface area contributed by atoms with Gasteiger partial charge in [-0.3, -0.25) is 4.90 Å². The van der Waals surface area contributed by atoms with E-state index >= 15 is 0 Å². The van der Waals surface area contributed by atoms with E-state index in [1.807, 2.05) is 19.9 Å². The van der Waals surface area contributed by atoms with Gasteiger partial charge in [0.1, 0.15) is 11.5 Å². The van der Waals surface area contributed by atoms with Gasteiger partial charge in [0, 0.05) is 12.1 Å². The Morgan fingerprint density at radius 1 is 1.22 bits per heavy atom. The monoisotopic (exact) mass is 314 g/mol. The Morgan fingerprint density at radius 2 is 1.96 bits per heavy atom. The lowest BCUT2D eigenvalue weighted by Crippen LogP contribution is -2.32. The molecule has 23 heavy (non-hydrogen) atoms. The Labute approximate surface area is 138 Å². The van der Waals surface area contributed by atoms with Crippen molar-refractivity contribution in [2.24, 2.45) is 5.92 Å². The van der Waals surface area contributed by atoms with Crippen LogP contribution >= 0.6 is 0 Å². The summed E-state index contributed by atoms with van der Waals surface area (Å²) in [6.07, 6.45) is 3.86. The summed E-state index contributed by atoms with van der Waals surface area (Å²) in [6, 6.07) is 5.81. The first-order valence-corrected chi connectivity index (χ1v) is 8.55. The molecule has 1 aliphatic heterocycles. The van der Waals surface area contributed by atoms with E-state index in [2.05, 4.69) is 23.0 Å². The van der Waals surface area contributed by atoms with E-state index in [0.717, 1.165) is 53.7 Å². The lowest BCUT2D eigenvalue weighted by Gasteiger charge is -2.31. The number of benzene rings is 1. The van der Waals surface area contributed by atoms with Crippen LogP contribution in [-0.4, -0.2) is 28.3 Å². The Hall–Kier alpha value is -1.81. The number of phenolic OH excluding ortho intramolecular Hbond substituents is 1. The van der Waals surface area contributed by atoms with Gasteiger partial charge in [0.25, 0.3) is 0 Å². The molecule has 0 bridgehead atoms. The lowest BCUT2D eigenvalue weighted by molar-refractivity contribution is 0.175. The topological polar surface area (TPSA) is 49.5 Å². The SMILES string of the molecule is CCC1CCN(Cc2cc(O)cc(-c3c(C)noc3C)c2)CC1. The highest BCUT2D eigenvalue weighted by Gasteiger charge is 2.19. The molecular weight excluding hydrogens is 288 g/mol. The van der Waals surface area contributed by atoms with E-state index in [-0.39, 0.29) is 0 Å². The van der Waals surface area contributed by atoms with Gasteiger partial charge in [0.15, 0.2) is 0 Å². The third-order valence-electron chi connectivity index (χ3n) is 4.99. The van der Waals surface area contributed by atoms with Gasteiger partial charge >= 0.3 is 0 Å². The first-order chi connectivity index (χ1) is 11.1. The highest BCUT2D eigenvalue weighted by Crippen LogP contribution is 2.31. The Bertz CT molecular complexity index is 651. The van der Waals surface area contributed by atoms with Crippen molar-refractivity contribution in [1.82, 2.24) is 10.1 Å². The van der Waals surface area contributed by atoms with E-state index in [0.29, 0.717) is 5.75 Å². The van der Waals surface area contributed by atoms with Crippen LogP contribution in [0.15, 0.2) is 22.7 Å².